The number of aryl methyl sites for hydroxylation is 1. The van der Waals surface area contributed by atoms with Gasteiger partial charge in [-0.25, -0.2) is 0 Å². The first kappa shape index (κ1) is 23.1. The van der Waals surface area contributed by atoms with E-state index >= 15 is 0 Å². The van der Waals surface area contributed by atoms with Gasteiger partial charge in [-0.3, -0.25) is 14.4 Å². The quantitative estimate of drug-likeness (QED) is 0.341. The van der Waals surface area contributed by atoms with Crippen molar-refractivity contribution in [1.82, 2.24) is 5.32 Å². The van der Waals surface area contributed by atoms with E-state index in [9.17, 15) is 14.4 Å². The van der Waals surface area contributed by atoms with E-state index < -0.39 is 5.97 Å². The van der Waals surface area contributed by atoms with Crippen LogP contribution in [-0.2, 0) is 14.3 Å². The molecule has 2 aromatic carbocycles. The number of benzene rings is 2. The maximum absolute atomic E-state index is 12.1. The molecule has 0 aromatic heterocycles. The van der Waals surface area contributed by atoms with E-state index in [0.717, 1.165) is 17.5 Å². The van der Waals surface area contributed by atoms with Crippen molar-refractivity contribution >= 4 is 17.7 Å². The smallest absolute Gasteiger partial charge is 0.306 e. The third-order valence-electron chi connectivity index (χ3n) is 4.64. The largest absolute Gasteiger partial charge is 0.494 e. The third-order valence-corrected chi connectivity index (χ3v) is 4.64. The lowest BCUT2D eigenvalue weighted by Crippen LogP contribution is -2.32. The highest BCUT2D eigenvalue weighted by Gasteiger charge is 2.14. The predicted octanol–water partition coefficient (Wildman–Crippen LogP) is 4.17. The molecular formula is C24H29NO5. The normalized spacial score (nSPS) is 11.4. The molecule has 0 saturated carbocycles. The first-order chi connectivity index (χ1) is 14.4. The third kappa shape index (κ3) is 7.70. The van der Waals surface area contributed by atoms with Crippen LogP contribution < -0.4 is 10.1 Å². The minimum absolute atomic E-state index is 0.00236. The predicted molar refractivity (Wildman–Crippen MR) is 114 cm³/mol. The zero-order valence-electron chi connectivity index (χ0n) is 17.8. The standard InChI is InChI=1S/C24H29NO5/c1-4-22(20-9-7-17(2)8-10-20)25-23(27)16-30-24(28)6-5-15-29-21-13-11-19(12-14-21)18(3)26/h7-14,22H,4-6,15-16H2,1-3H3,(H,25,27)/t22-/m0/s1. The van der Waals surface area contributed by atoms with E-state index in [1.165, 1.54) is 6.92 Å². The Labute approximate surface area is 177 Å². The average Bonchev–Trinajstić information content (AvgIpc) is 2.74. The number of esters is 1. The van der Waals surface area contributed by atoms with Crippen LogP contribution >= 0.6 is 0 Å². The molecule has 0 heterocycles. The van der Waals surface area contributed by atoms with Gasteiger partial charge in [0.25, 0.3) is 5.91 Å². The summed E-state index contributed by atoms with van der Waals surface area (Å²) in [5.41, 5.74) is 2.80. The van der Waals surface area contributed by atoms with Crippen LogP contribution in [0.15, 0.2) is 48.5 Å². The second-order valence-electron chi connectivity index (χ2n) is 7.13. The van der Waals surface area contributed by atoms with Crippen molar-refractivity contribution in [2.75, 3.05) is 13.2 Å². The summed E-state index contributed by atoms with van der Waals surface area (Å²) in [6.07, 6.45) is 1.37. The number of hydrogen-bond acceptors (Lipinski definition) is 5. The zero-order valence-corrected chi connectivity index (χ0v) is 17.8. The van der Waals surface area contributed by atoms with Crippen molar-refractivity contribution < 1.29 is 23.9 Å². The molecule has 0 unspecified atom stereocenters. The average molecular weight is 411 g/mol. The highest BCUT2D eigenvalue weighted by atomic mass is 16.5. The van der Waals surface area contributed by atoms with Gasteiger partial charge >= 0.3 is 5.97 Å². The van der Waals surface area contributed by atoms with E-state index in [1.54, 1.807) is 24.3 Å². The second-order valence-corrected chi connectivity index (χ2v) is 7.13. The summed E-state index contributed by atoms with van der Waals surface area (Å²) < 4.78 is 10.6. The van der Waals surface area contributed by atoms with Crippen molar-refractivity contribution in [3.05, 3.63) is 65.2 Å². The maximum Gasteiger partial charge on any atom is 0.306 e. The fourth-order valence-corrected chi connectivity index (χ4v) is 2.87. The van der Waals surface area contributed by atoms with Crippen molar-refractivity contribution in [3.63, 3.8) is 0 Å². The Hall–Kier alpha value is -3.15. The number of carbonyl (C=O) groups is 3. The first-order valence-corrected chi connectivity index (χ1v) is 10.1. The minimum atomic E-state index is -0.441. The van der Waals surface area contributed by atoms with Gasteiger partial charge in [-0.15, -0.1) is 0 Å². The molecule has 2 aromatic rings. The highest BCUT2D eigenvalue weighted by molar-refractivity contribution is 5.94. The minimum Gasteiger partial charge on any atom is -0.494 e. The van der Waals surface area contributed by atoms with Crippen molar-refractivity contribution in [2.24, 2.45) is 0 Å². The maximum atomic E-state index is 12.1. The molecule has 2 rings (SSSR count). The second kappa shape index (κ2) is 11.8. The van der Waals surface area contributed by atoms with E-state index in [2.05, 4.69) is 5.32 Å². The summed E-state index contributed by atoms with van der Waals surface area (Å²) in [6.45, 7) is 5.55. The molecule has 0 saturated heterocycles. The molecule has 0 aliphatic heterocycles. The van der Waals surface area contributed by atoms with Gasteiger partial charge in [-0.05, 0) is 56.5 Å². The Bertz CT molecular complexity index is 843. The molecule has 0 aliphatic carbocycles. The molecule has 1 atom stereocenters. The van der Waals surface area contributed by atoms with Crippen LogP contribution in [0.1, 0.15) is 60.6 Å². The number of carbonyl (C=O) groups excluding carboxylic acids is 3. The Morgan fingerprint density at radius 2 is 1.67 bits per heavy atom. The summed E-state index contributed by atoms with van der Waals surface area (Å²) >= 11 is 0. The lowest BCUT2D eigenvalue weighted by Gasteiger charge is -2.17. The van der Waals surface area contributed by atoms with Crippen LogP contribution in [0.4, 0.5) is 0 Å². The molecule has 1 amide bonds. The number of hydrogen-bond donors (Lipinski definition) is 1. The molecular weight excluding hydrogens is 382 g/mol. The number of ether oxygens (including phenoxy) is 2. The molecule has 0 bridgehead atoms. The highest BCUT2D eigenvalue weighted by Crippen LogP contribution is 2.17. The van der Waals surface area contributed by atoms with Crippen molar-refractivity contribution in [2.45, 2.75) is 46.1 Å². The molecule has 160 valence electrons. The van der Waals surface area contributed by atoms with Crippen LogP contribution in [0.2, 0.25) is 0 Å². The van der Waals surface area contributed by atoms with Crippen LogP contribution in [0, 0.1) is 6.92 Å². The van der Waals surface area contributed by atoms with Crippen LogP contribution in [-0.4, -0.2) is 30.9 Å². The lowest BCUT2D eigenvalue weighted by molar-refractivity contribution is -0.148. The topological polar surface area (TPSA) is 81.7 Å². The summed E-state index contributed by atoms with van der Waals surface area (Å²) in [7, 11) is 0. The number of ketones is 1. The summed E-state index contributed by atoms with van der Waals surface area (Å²) in [5, 5.41) is 2.89. The Balaban J connectivity index is 1.65. The summed E-state index contributed by atoms with van der Waals surface area (Å²) in [6, 6.07) is 14.7. The SMILES string of the molecule is CC[C@H](NC(=O)COC(=O)CCCOc1ccc(C(C)=O)cc1)c1ccc(C)cc1. The molecule has 0 radical (unpaired) electrons. The van der Waals surface area contributed by atoms with E-state index in [1.807, 2.05) is 38.1 Å². The Morgan fingerprint density at radius 3 is 2.27 bits per heavy atom. The van der Waals surface area contributed by atoms with Crippen LogP contribution in [0.5, 0.6) is 5.75 Å². The number of rotatable bonds is 11. The van der Waals surface area contributed by atoms with E-state index in [0.29, 0.717) is 24.3 Å². The zero-order chi connectivity index (χ0) is 21.9. The van der Waals surface area contributed by atoms with Crippen molar-refractivity contribution in [3.8, 4) is 5.75 Å². The first-order valence-electron chi connectivity index (χ1n) is 10.1. The van der Waals surface area contributed by atoms with Crippen LogP contribution in [0.25, 0.3) is 0 Å². The van der Waals surface area contributed by atoms with Gasteiger partial charge < -0.3 is 14.8 Å². The lowest BCUT2D eigenvalue weighted by atomic mass is 10.0. The van der Waals surface area contributed by atoms with Gasteiger partial charge in [0.2, 0.25) is 0 Å². The number of nitrogens with one attached hydrogen (secondary N) is 1. The molecule has 6 nitrogen and oxygen atoms in total. The van der Waals surface area contributed by atoms with Gasteiger partial charge in [0.15, 0.2) is 12.4 Å². The fraction of sp³-hybridized carbons (Fsp3) is 0.375. The van der Waals surface area contributed by atoms with Crippen LogP contribution in [0.3, 0.4) is 0 Å². The van der Waals surface area contributed by atoms with Gasteiger partial charge in [-0.1, -0.05) is 36.8 Å². The molecule has 0 fully saturated rings. The monoisotopic (exact) mass is 411 g/mol. The fourth-order valence-electron chi connectivity index (χ4n) is 2.87. The van der Waals surface area contributed by atoms with Gasteiger partial charge in [0.1, 0.15) is 5.75 Å². The van der Waals surface area contributed by atoms with E-state index in [-0.39, 0.29) is 30.8 Å². The molecule has 0 spiro atoms. The van der Waals surface area contributed by atoms with Gasteiger partial charge in [0.05, 0.1) is 12.6 Å². The van der Waals surface area contributed by atoms with Gasteiger partial charge in [-0.2, -0.15) is 0 Å². The molecule has 0 aliphatic rings. The Kier molecular flexibility index (Phi) is 9.06. The molecule has 30 heavy (non-hydrogen) atoms. The molecule has 1 N–H and O–H groups in total. The van der Waals surface area contributed by atoms with E-state index in [4.69, 9.17) is 9.47 Å². The number of amides is 1. The summed E-state index contributed by atoms with van der Waals surface area (Å²) in [4.78, 5) is 35.2. The number of Topliss-reactive ketones (excluding diaryl/α,β-unsaturated/α-hetero) is 1. The molecule has 6 heteroatoms. The van der Waals surface area contributed by atoms with Crippen molar-refractivity contribution in [1.29, 1.82) is 0 Å². The summed E-state index contributed by atoms with van der Waals surface area (Å²) in [5.74, 6) is -0.131. The van der Waals surface area contributed by atoms with Gasteiger partial charge in [0, 0.05) is 12.0 Å². The Morgan fingerprint density at radius 1 is 1.00 bits per heavy atom.